The van der Waals surface area contributed by atoms with Gasteiger partial charge in [0.1, 0.15) is 5.75 Å². The molecule has 0 amide bonds. The number of rotatable bonds is 5. The summed E-state index contributed by atoms with van der Waals surface area (Å²) in [6.07, 6.45) is 0. The fourth-order valence-electron chi connectivity index (χ4n) is 2.33. The number of carboxylic acid groups (broad SMARTS) is 1. The van der Waals surface area contributed by atoms with E-state index in [4.69, 9.17) is 9.84 Å². The SMILES string of the molecule is COc1cccc(CN2CCN(CC(=O)O)CC2)c1. The van der Waals surface area contributed by atoms with Gasteiger partial charge >= 0.3 is 5.97 Å². The maximum Gasteiger partial charge on any atom is 0.317 e. The Bertz CT molecular complexity index is 428. The van der Waals surface area contributed by atoms with Crippen LogP contribution in [0, 0.1) is 0 Å². The van der Waals surface area contributed by atoms with Crippen LogP contribution < -0.4 is 4.74 Å². The summed E-state index contributed by atoms with van der Waals surface area (Å²) in [4.78, 5) is 15.0. The molecule has 2 rings (SSSR count). The normalized spacial score (nSPS) is 17.3. The minimum Gasteiger partial charge on any atom is -0.497 e. The third-order valence-electron chi connectivity index (χ3n) is 3.36. The molecule has 1 saturated heterocycles. The third kappa shape index (κ3) is 4.22. The van der Waals surface area contributed by atoms with Gasteiger partial charge in [-0.1, -0.05) is 12.1 Å². The smallest absolute Gasteiger partial charge is 0.317 e. The van der Waals surface area contributed by atoms with Crippen LogP contribution in [0.2, 0.25) is 0 Å². The standard InChI is InChI=1S/C14H20N2O3/c1-19-13-4-2-3-12(9-13)10-15-5-7-16(8-6-15)11-14(17)18/h2-4,9H,5-8,10-11H2,1H3,(H,17,18). The molecular weight excluding hydrogens is 244 g/mol. The molecule has 0 radical (unpaired) electrons. The van der Waals surface area contributed by atoms with E-state index in [0.717, 1.165) is 38.5 Å². The van der Waals surface area contributed by atoms with Crippen LogP contribution in [0.3, 0.4) is 0 Å². The predicted molar refractivity (Wildman–Crippen MR) is 72.3 cm³/mol. The lowest BCUT2D eigenvalue weighted by molar-refractivity contribution is -0.138. The van der Waals surface area contributed by atoms with Crippen molar-refractivity contribution < 1.29 is 14.6 Å². The molecule has 1 aromatic rings. The highest BCUT2D eigenvalue weighted by Crippen LogP contribution is 2.15. The van der Waals surface area contributed by atoms with Crippen molar-refractivity contribution in [3.63, 3.8) is 0 Å². The van der Waals surface area contributed by atoms with Crippen molar-refractivity contribution in [1.82, 2.24) is 9.80 Å². The predicted octanol–water partition coefficient (Wildman–Crippen LogP) is 0.897. The van der Waals surface area contributed by atoms with Crippen LogP contribution in [0.1, 0.15) is 5.56 Å². The van der Waals surface area contributed by atoms with Crippen LogP contribution in [-0.2, 0) is 11.3 Å². The van der Waals surface area contributed by atoms with E-state index in [1.54, 1.807) is 7.11 Å². The second kappa shape index (κ2) is 6.54. The molecular formula is C14H20N2O3. The number of ether oxygens (including phenoxy) is 1. The Morgan fingerprint density at radius 1 is 1.26 bits per heavy atom. The quantitative estimate of drug-likeness (QED) is 0.856. The van der Waals surface area contributed by atoms with E-state index in [2.05, 4.69) is 11.0 Å². The molecule has 19 heavy (non-hydrogen) atoms. The number of nitrogens with zero attached hydrogens (tertiary/aromatic N) is 2. The van der Waals surface area contributed by atoms with Crippen LogP contribution in [-0.4, -0.2) is 60.7 Å². The van der Waals surface area contributed by atoms with Gasteiger partial charge in [0, 0.05) is 32.7 Å². The van der Waals surface area contributed by atoms with E-state index in [9.17, 15) is 4.79 Å². The van der Waals surface area contributed by atoms with Gasteiger partial charge in [-0.15, -0.1) is 0 Å². The lowest BCUT2D eigenvalue weighted by Gasteiger charge is -2.33. The minimum absolute atomic E-state index is 0.146. The molecule has 1 aromatic carbocycles. The third-order valence-corrected chi connectivity index (χ3v) is 3.36. The Morgan fingerprint density at radius 2 is 1.95 bits per heavy atom. The first-order chi connectivity index (χ1) is 9.17. The van der Waals surface area contributed by atoms with Gasteiger partial charge in [0.2, 0.25) is 0 Å². The summed E-state index contributed by atoms with van der Waals surface area (Å²) >= 11 is 0. The Kier molecular flexibility index (Phi) is 4.76. The van der Waals surface area contributed by atoms with E-state index in [1.807, 2.05) is 23.1 Å². The highest BCUT2D eigenvalue weighted by molar-refractivity contribution is 5.69. The molecule has 1 N–H and O–H groups in total. The molecule has 0 spiro atoms. The lowest BCUT2D eigenvalue weighted by Crippen LogP contribution is -2.47. The van der Waals surface area contributed by atoms with Crippen LogP contribution in [0.4, 0.5) is 0 Å². The monoisotopic (exact) mass is 264 g/mol. The van der Waals surface area contributed by atoms with Crippen LogP contribution >= 0.6 is 0 Å². The van der Waals surface area contributed by atoms with E-state index in [-0.39, 0.29) is 6.54 Å². The molecule has 0 unspecified atom stereocenters. The number of carbonyl (C=O) groups is 1. The Morgan fingerprint density at radius 3 is 2.58 bits per heavy atom. The number of hydrogen-bond acceptors (Lipinski definition) is 4. The fourth-order valence-corrected chi connectivity index (χ4v) is 2.33. The highest BCUT2D eigenvalue weighted by atomic mass is 16.5. The van der Waals surface area contributed by atoms with Gasteiger partial charge in [0.15, 0.2) is 0 Å². The van der Waals surface area contributed by atoms with Crippen molar-refractivity contribution in [1.29, 1.82) is 0 Å². The zero-order valence-corrected chi connectivity index (χ0v) is 11.2. The molecule has 5 nitrogen and oxygen atoms in total. The molecule has 5 heteroatoms. The summed E-state index contributed by atoms with van der Waals surface area (Å²) in [6, 6.07) is 8.07. The van der Waals surface area contributed by atoms with Gasteiger partial charge in [-0.2, -0.15) is 0 Å². The molecule has 1 fully saturated rings. The molecule has 1 heterocycles. The number of aliphatic carboxylic acids is 1. The molecule has 0 aliphatic carbocycles. The van der Waals surface area contributed by atoms with Crippen LogP contribution in [0.5, 0.6) is 5.75 Å². The Hall–Kier alpha value is -1.59. The fraction of sp³-hybridized carbons (Fsp3) is 0.500. The Labute approximate surface area is 113 Å². The first-order valence-electron chi connectivity index (χ1n) is 6.47. The maximum atomic E-state index is 10.6. The highest BCUT2D eigenvalue weighted by Gasteiger charge is 2.18. The largest absolute Gasteiger partial charge is 0.497 e. The first-order valence-corrected chi connectivity index (χ1v) is 6.47. The maximum absolute atomic E-state index is 10.6. The van der Waals surface area contributed by atoms with Crippen LogP contribution in [0.25, 0.3) is 0 Å². The van der Waals surface area contributed by atoms with Crippen molar-refractivity contribution in [3.05, 3.63) is 29.8 Å². The van der Waals surface area contributed by atoms with Gasteiger partial charge in [-0.05, 0) is 17.7 Å². The van der Waals surface area contributed by atoms with E-state index in [0.29, 0.717) is 0 Å². The van der Waals surface area contributed by atoms with Crippen molar-refractivity contribution >= 4 is 5.97 Å². The number of carboxylic acids is 1. The molecule has 0 saturated carbocycles. The average Bonchev–Trinajstić information content (AvgIpc) is 2.41. The zero-order valence-electron chi connectivity index (χ0n) is 11.2. The average molecular weight is 264 g/mol. The summed E-state index contributed by atoms with van der Waals surface area (Å²) < 4.78 is 5.21. The topological polar surface area (TPSA) is 53.0 Å². The van der Waals surface area contributed by atoms with Crippen molar-refractivity contribution in [2.45, 2.75) is 6.54 Å². The van der Waals surface area contributed by atoms with Crippen molar-refractivity contribution in [2.24, 2.45) is 0 Å². The van der Waals surface area contributed by atoms with Crippen LogP contribution in [0.15, 0.2) is 24.3 Å². The van der Waals surface area contributed by atoms with E-state index < -0.39 is 5.97 Å². The number of benzene rings is 1. The summed E-state index contributed by atoms with van der Waals surface area (Å²) in [5.41, 5.74) is 1.23. The number of piperazine rings is 1. The molecule has 1 aliphatic rings. The van der Waals surface area contributed by atoms with Gasteiger partial charge < -0.3 is 9.84 Å². The number of hydrogen-bond donors (Lipinski definition) is 1. The van der Waals surface area contributed by atoms with Crippen molar-refractivity contribution in [2.75, 3.05) is 39.8 Å². The van der Waals surface area contributed by atoms with Gasteiger partial charge in [-0.3, -0.25) is 14.6 Å². The van der Waals surface area contributed by atoms with Gasteiger partial charge in [0.25, 0.3) is 0 Å². The Balaban J connectivity index is 1.83. The second-order valence-corrected chi connectivity index (χ2v) is 4.80. The molecule has 1 aliphatic heterocycles. The molecule has 0 bridgehead atoms. The summed E-state index contributed by atoms with van der Waals surface area (Å²) in [5.74, 6) is 0.128. The minimum atomic E-state index is -0.749. The first kappa shape index (κ1) is 13.8. The summed E-state index contributed by atoms with van der Waals surface area (Å²) in [5, 5.41) is 8.76. The molecule has 0 atom stereocenters. The lowest BCUT2D eigenvalue weighted by atomic mass is 10.2. The van der Waals surface area contributed by atoms with Crippen molar-refractivity contribution in [3.8, 4) is 5.75 Å². The molecule has 0 aromatic heterocycles. The van der Waals surface area contributed by atoms with Gasteiger partial charge in [0.05, 0.1) is 13.7 Å². The van der Waals surface area contributed by atoms with Gasteiger partial charge in [-0.25, -0.2) is 0 Å². The number of methoxy groups -OCH3 is 1. The zero-order chi connectivity index (χ0) is 13.7. The summed E-state index contributed by atoms with van der Waals surface area (Å²) in [7, 11) is 1.67. The molecule has 104 valence electrons. The second-order valence-electron chi connectivity index (χ2n) is 4.80. The summed E-state index contributed by atoms with van der Waals surface area (Å²) in [6.45, 7) is 4.48. The van der Waals surface area contributed by atoms with E-state index in [1.165, 1.54) is 5.56 Å². The van der Waals surface area contributed by atoms with E-state index >= 15 is 0 Å².